The average Bonchev–Trinajstić information content (AvgIpc) is 2.57. The molecule has 2 heterocycles. The van der Waals surface area contributed by atoms with Crippen LogP contribution in [0.4, 0.5) is 10.3 Å². The number of H-pyrrole nitrogens is 1. The molecule has 7 nitrogen and oxygen atoms in total. The van der Waals surface area contributed by atoms with E-state index in [-0.39, 0.29) is 17.0 Å². The molecular weight excluding hydrogens is 351 g/mol. The third kappa shape index (κ3) is 3.74. The van der Waals surface area contributed by atoms with Crippen LogP contribution in [0.2, 0.25) is 5.02 Å². The third-order valence-electron chi connectivity index (χ3n) is 4.21. The Morgan fingerprint density at radius 3 is 2.80 bits per heavy atom. The van der Waals surface area contributed by atoms with Crippen LogP contribution in [-0.2, 0) is 4.74 Å². The highest BCUT2D eigenvalue weighted by Gasteiger charge is 2.21. The first-order valence-electron chi connectivity index (χ1n) is 7.98. The van der Waals surface area contributed by atoms with Gasteiger partial charge in [-0.2, -0.15) is 4.98 Å². The van der Waals surface area contributed by atoms with Gasteiger partial charge in [0, 0.05) is 24.8 Å². The molecule has 3 rings (SSSR count). The van der Waals surface area contributed by atoms with Crippen LogP contribution in [-0.4, -0.2) is 27.7 Å². The van der Waals surface area contributed by atoms with E-state index < -0.39 is 23.2 Å². The lowest BCUT2D eigenvalue weighted by Crippen LogP contribution is -2.42. The van der Waals surface area contributed by atoms with Crippen molar-refractivity contribution in [2.24, 2.45) is 0 Å². The Balaban J connectivity index is 1.85. The number of hydrogen-bond acceptors (Lipinski definition) is 5. The second-order valence-electron chi connectivity index (χ2n) is 5.90. The minimum Gasteiger partial charge on any atom is -0.381 e. The molecule has 1 saturated heterocycles. The Hall–Kier alpha value is -2.19. The van der Waals surface area contributed by atoms with E-state index in [0.717, 1.165) is 4.57 Å². The molecule has 0 amide bonds. The summed E-state index contributed by atoms with van der Waals surface area (Å²) in [6.45, 7) is 2.68. The van der Waals surface area contributed by atoms with E-state index in [1.54, 1.807) is 19.1 Å². The molecule has 1 fully saturated rings. The topological polar surface area (TPSA) is 89.0 Å². The second kappa shape index (κ2) is 7.37. The van der Waals surface area contributed by atoms with Gasteiger partial charge in [-0.15, -0.1) is 0 Å². The lowest BCUT2D eigenvalue weighted by atomic mass is 10.1. The summed E-state index contributed by atoms with van der Waals surface area (Å²) in [5.74, 6) is -0.563. The van der Waals surface area contributed by atoms with E-state index in [1.807, 2.05) is 0 Å². The van der Waals surface area contributed by atoms with Crippen molar-refractivity contribution in [2.75, 3.05) is 18.5 Å². The third-order valence-corrected chi connectivity index (χ3v) is 4.51. The summed E-state index contributed by atoms with van der Waals surface area (Å²) in [6, 6.07) is 3.87. The molecule has 0 saturated carbocycles. The van der Waals surface area contributed by atoms with Crippen molar-refractivity contribution in [3.63, 3.8) is 0 Å². The van der Waals surface area contributed by atoms with Gasteiger partial charge in [-0.25, -0.2) is 18.5 Å². The van der Waals surface area contributed by atoms with Gasteiger partial charge in [-0.05, 0) is 25.8 Å². The highest BCUT2D eigenvalue weighted by molar-refractivity contribution is 6.30. The van der Waals surface area contributed by atoms with Crippen molar-refractivity contribution < 1.29 is 9.13 Å². The van der Waals surface area contributed by atoms with Gasteiger partial charge < -0.3 is 10.1 Å². The van der Waals surface area contributed by atoms with Crippen molar-refractivity contribution in [3.05, 3.63) is 55.6 Å². The average molecular weight is 369 g/mol. The molecule has 0 bridgehead atoms. The fraction of sp³-hybridized carbons (Fsp3) is 0.438. The van der Waals surface area contributed by atoms with Gasteiger partial charge in [0.25, 0.3) is 0 Å². The van der Waals surface area contributed by atoms with Crippen LogP contribution in [0, 0.1) is 5.82 Å². The van der Waals surface area contributed by atoms with Crippen LogP contribution in [0.5, 0.6) is 0 Å². The zero-order chi connectivity index (χ0) is 18.0. The molecular formula is C16H18ClFN4O3. The lowest BCUT2D eigenvalue weighted by Gasteiger charge is -2.23. The number of aromatic nitrogens is 3. The first-order chi connectivity index (χ1) is 12.0. The highest BCUT2D eigenvalue weighted by Crippen LogP contribution is 2.24. The molecule has 1 aromatic carbocycles. The van der Waals surface area contributed by atoms with Gasteiger partial charge in [0.15, 0.2) is 0 Å². The van der Waals surface area contributed by atoms with Crippen molar-refractivity contribution in [2.45, 2.75) is 31.8 Å². The van der Waals surface area contributed by atoms with E-state index in [4.69, 9.17) is 16.3 Å². The Labute approximate surface area is 147 Å². The zero-order valence-electron chi connectivity index (χ0n) is 13.6. The van der Waals surface area contributed by atoms with Crippen LogP contribution in [0.1, 0.15) is 37.4 Å². The number of benzene rings is 1. The van der Waals surface area contributed by atoms with Gasteiger partial charge in [0.2, 0.25) is 5.95 Å². The molecule has 0 unspecified atom stereocenters. The molecule has 25 heavy (non-hydrogen) atoms. The quantitative estimate of drug-likeness (QED) is 0.864. The number of anilines is 1. The Morgan fingerprint density at radius 1 is 1.40 bits per heavy atom. The number of halogens is 2. The first-order valence-corrected chi connectivity index (χ1v) is 8.36. The SMILES string of the molecule is C[C@H](Nc1nc(=O)n(C2CCOCC2)c(=O)[nH]1)c1cccc(Cl)c1F. The molecule has 2 aromatic rings. The van der Waals surface area contributed by atoms with Crippen LogP contribution < -0.4 is 16.7 Å². The highest BCUT2D eigenvalue weighted by atomic mass is 35.5. The number of aromatic amines is 1. The molecule has 9 heteroatoms. The van der Waals surface area contributed by atoms with Crippen molar-refractivity contribution in [1.82, 2.24) is 14.5 Å². The van der Waals surface area contributed by atoms with Gasteiger partial charge in [-0.3, -0.25) is 4.98 Å². The Kier molecular flexibility index (Phi) is 5.19. The van der Waals surface area contributed by atoms with Gasteiger partial charge in [0.1, 0.15) is 5.82 Å². The van der Waals surface area contributed by atoms with E-state index in [9.17, 15) is 14.0 Å². The molecule has 2 N–H and O–H groups in total. The smallest absolute Gasteiger partial charge is 0.355 e. The summed E-state index contributed by atoms with van der Waals surface area (Å²) >= 11 is 5.78. The van der Waals surface area contributed by atoms with Gasteiger partial charge >= 0.3 is 11.4 Å². The van der Waals surface area contributed by atoms with Crippen LogP contribution in [0.25, 0.3) is 0 Å². The maximum absolute atomic E-state index is 14.1. The fourth-order valence-electron chi connectivity index (χ4n) is 2.90. The second-order valence-corrected chi connectivity index (χ2v) is 6.30. The predicted octanol–water partition coefficient (Wildman–Crippen LogP) is 2.25. The molecule has 0 aliphatic carbocycles. The largest absolute Gasteiger partial charge is 0.381 e. The van der Waals surface area contributed by atoms with Crippen molar-refractivity contribution >= 4 is 17.5 Å². The Morgan fingerprint density at radius 2 is 2.12 bits per heavy atom. The summed E-state index contributed by atoms with van der Waals surface area (Å²) in [5, 5.41) is 2.84. The monoisotopic (exact) mass is 368 g/mol. The molecule has 0 spiro atoms. The minimum absolute atomic E-state index is 0.00235. The fourth-order valence-corrected chi connectivity index (χ4v) is 3.08. The summed E-state index contributed by atoms with van der Waals surface area (Å²) in [6.07, 6.45) is 1.17. The van der Waals surface area contributed by atoms with E-state index in [2.05, 4.69) is 15.3 Å². The maximum atomic E-state index is 14.1. The number of nitrogens with one attached hydrogen (secondary N) is 2. The van der Waals surface area contributed by atoms with Crippen molar-refractivity contribution in [3.8, 4) is 0 Å². The van der Waals surface area contributed by atoms with E-state index in [1.165, 1.54) is 6.07 Å². The summed E-state index contributed by atoms with van der Waals surface area (Å²) < 4.78 is 20.4. The van der Waals surface area contributed by atoms with Crippen LogP contribution in [0.15, 0.2) is 27.8 Å². The van der Waals surface area contributed by atoms with Gasteiger partial charge in [0.05, 0.1) is 11.1 Å². The molecule has 134 valence electrons. The molecule has 0 radical (unpaired) electrons. The Bertz CT molecular complexity index is 845. The first kappa shape index (κ1) is 17.6. The molecule has 1 aliphatic rings. The summed E-state index contributed by atoms with van der Waals surface area (Å²) in [4.78, 5) is 31.0. The molecule has 1 aromatic heterocycles. The molecule has 1 atom stereocenters. The van der Waals surface area contributed by atoms with Crippen LogP contribution in [0.3, 0.4) is 0 Å². The zero-order valence-corrected chi connectivity index (χ0v) is 14.3. The van der Waals surface area contributed by atoms with Crippen molar-refractivity contribution in [1.29, 1.82) is 0 Å². The standard InChI is InChI=1S/C16H18ClFN4O3/c1-9(11-3-2-4-12(17)13(11)18)19-14-20-15(23)22(16(24)21-14)10-5-7-25-8-6-10/h2-4,9-10H,5-8H2,1H3,(H2,19,20,21,23,24)/t9-/m0/s1. The van der Waals surface area contributed by atoms with Crippen LogP contribution >= 0.6 is 11.6 Å². The number of ether oxygens (including phenoxy) is 1. The summed E-state index contributed by atoms with van der Waals surface area (Å²) in [5.41, 5.74) is -0.881. The molecule has 1 aliphatic heterocycles. The lowest BCUT2D eigenvalue weighted by molar-refractivity contribution is 0.0670. The van der Waals surface area contributed by atoms with E-state index in [0.29, 0.717) is 31.6 Å². The number of nitrogens with zero attached hydrogens (tertiary/aromatic N) is 2. The minimum atomic E-state index is -0.642. The van der Waals surface area contributed by atoms with E-state index >= 15 is 0 Å². The maximum Gasteiger partial charge on any atom is 0.355 e. The number of rotatable bonds is 4. The number of hydrogen-bond donors (Lipinski definition) is 2. The van der Waals surface area contributed by atoms with Gasteiger partial charge in [-0.1, -0.05) is 23.7 Å². The predicted molar refractivity (Wildman–Crippen MR) is 91.7 cm³/mol. The normalized spacial score (nSPS) is 16.6. The summed E-state index contributed by atoms with van der Waals surface area (Å²) in [7, 11) is 0.